The second-order valence-corrected chi connectivity index (χ2v) is 6.52. The van der Waals surface area contributed by atoms with Crippen LogP contribution < -0.4 is 0 Å². The molecule has 2 aliphatic rings. The molecule has 0 unspecified atom stereocenters. The van der Waals surface area contributed by atoms with Gasteiger partial charge in [-0.05, 0) is 32.6 Å². The molecule has 3 nitrogen and oxygen atoms in total. The fourth-order valence-electron chi connectivity index (χ4n) is 3.24. The van der Waals surface area contributed by atoms with Crippen molar-refractivity contribution in [1.29, 1.82) is 0 Å². The van der Waals surface area contributed by atoms with Crippen molar-refractivity contribution in [3.05, 3.63) is 0 Å². The Bertz CT molecular complexity index is 329. The van der Waals surface area contributed by atoms with E-state index in [0.29, 0.717) is 19.4 Å². The van der Waals surface area contributed by atoms with Crippen molar-refractivity contribution in [2.24, 2.45) is 5.92 Å². The molecule has 1 aliphatic heterocycles. The van der Waals surface area contributed by atoms with Gasteiger partial charge >= 0.3 is 0 Å². The molecule has 0 spiro atoms. The third kappa shape index (κ3) is 3.12. The molecule has 102 valence electrons. The average molecular weight is 251 g/mol. The average Bonchev–Trinajstić information content (AvgIpc) is 2.82. The van der Waals surface area contributed by atoms with Gasteiger partial charge in [0, 0.05) is 18.4 Å². The minimum Gasteiger partial charge on any atom is -0.330 e. The molecule has 0 aromatic rings. The highest BCUT2D eigenvalue weighted by Crippen LogP contribution is 2.31. The molecule has 0 atom stereocenters. The number of amides is 1. The lowest BCUT2D eigenvalue weighted by Gasteiger charge is -2.42. The summed E-state index contributed by atoms with van der Waals surface area (Å²) in [6, 6.07) is 0. The van der Waals surface area contributed by atoms with Gasteiger partial charge in [0.05, 0.1) is 6.54 Å². The minimum absolute atomic E-state index is 0.138. The Morgan fingerprint density at radius 3 is 2.67 bits per heavy atom. The molecule has 1 heterocycles. The second kappa shape index (κ2) is 5.41. The van der Waals surface area contributed by atoms with Crippen LogP contribution in [-0.4, -0.2) is 28.7 Å². The Kier molecular flexibility index (Phi) is 4.08. The number of likely N-dealkylation sites (tertiary alicyclic amines) is 1. The molecule has 0 radical (unpaired) electrons. The van der Waals surface area contributed by atoms with E-state index in [9.17, 15) is 9.59 Å². The van der Waals surface area contributed by atoms with Gasteiger partial charge in [-0.15, -0.1) is 0 Å². The summed E-state index contributed by atoms with van der Waals surface area (Å²) in [5, 5.41) is 0. The van der Waals surface area contributed by atoms with Gasteiger partial charge in [-0.25, -0.2) is 0 Å². The lowest BCUT2D eigenvalue weighted by Crippen LogP contribution is -2.53. The highest BCUT2D eigenvalue weighted by atomic mass is 16.2. The summed E-state index contributed by atoms with van der Waals surface area (Å²) in [5.41, 5.74) is -0.138. The highest BCUT2D eigenvalue weighted by molar-refractivity contribution is 5.88. The van der Waals surface area contributed by atoms with Gasteiger partial charge in [0.25, 0.3) is 0 Å². The molecule has 1 amide bonds. The van der Waals surface area contributed by atoms with Gasteiger partial charge < -0.3 is 4.90 Å². The summed E-state index contributed by atoms with van der Waals surface area (Å²) in [6.07, 6.45) is 8.30. The summed E-state index contributed by atoms with van der Waals surface area (Å²) in [7, 11) is 0. The van der Waals surface area contributed by atoms with Crippen LogP contribution >= 0.6 is 0 Å². The van der Waals surface area contributed by atoms with Crippen LogP contribution in [0.15, 0.2) is 0 Å². The number of nitrogens with zero attached hydrogens (tertiary/aromatic N) is 1. The monoisotopic (exact) mass is 251 g/mol. The molecule has 2 rings (SSSR count). The van der Waals surface area contributed by atoms with Gasteiger partial charge in [-0.2, -0.15) is 0 Å². The number of hydrogen-bond donors (Lipinski definition) is 0. The number of hydrogen-bond acceptors (Lipinski definition) is 2. The first kappa shape index (κ1) is 13.6. The first-order valence-electron chi connectivity index (χ1n) is 7.31. The molecule has 3 heteroatoms. The van der Waals surface area contributed by atoms with Crippen molar-refractivity contribution in [3.63, 3.8) is 0 Å². The normalized spacial score (nSPS) is 24.6. The highest BCUT2D eigenvalue weighted by Gasteiger charge is 2.36. The third-order valence-electron chi connectivity index (χ3n) is 4.62. The standard InChI is InChI=1S/C15H25NO2/c1-15(2)10-9-13(17)11-16(15)14(18)8-7-12-5-3-4-6-12/h12H,3-11H2,1-2H3. The topological polar surface area (TPSA) is 37.4 Å². The van der Waals surface area contributed by atoms with E-state index in [4.69, 9.17) is 0 Å². The van der Waals surface area contributed by atoms with Crippen LogP contribution in [0.2, 0.25) is 0 Å². The van der Waals surface area contributed by atoms with Gasteiger partial charge in [-0.1, -0.05) is 25.7 Å². The molecule has 0 aromatic heterocycles. The quantitative estimate of drug-likeness (QED) is 0.773. The van der Waals surface area contributed by atoms with E-state index in [0.717, 1.165) is 18.8 Å². The van der Waals surface area contributed by atoms with E-state index < -0.39 is 0 Å². The van der Waals surface area contributed by atoms with E-state index >= 15 is 0 Å². The van der Waals surface area contributed by atoms with Crippen molar-refractivity contribution in [2.45, 2.75) is 70.8 Å². The van der Waals surface area contributed by atoms with Crippen molar-refractivity contribution < 1.29 is 9.59 Å². The van der Waals surface area contributed by atoms with E-state index in [2.05, 4.69) is 13.8 Å². The Hall–Kier alpha value is -0.860. The van der Waals surface area contributed by atoms with Crippen molar-refractivity contribution in [2.75, 3.05) is 6.54 Å². The number of carbonyl (C=O) groups excluding carboxylic acids is 2. The molecule has 0 bridgehead atoms. The molecule has 0 N–H and O–H groups in total. The summed E-state index contributed by atoms with van der Waals surface area (Å²) < 4.78 is 0. The number of Topliss-reactive ketones (excluding diaryl/α,β-unsaturated/α-hetero) is 1. The maximum atomic E-state index is 12.3. The first-order chi connectivity index (χ1) is 8.49. The Balaban J connectivity index is 1.87. The van der Waals surface area contributed by atoms with Crippen LogP contribution in [-0.2, 0) is 9.59 Å². The lowest BCUT2D eigenvalue weighted by molar-refractivity contribution is -0.144. The zero-order valence-electron chi connectivity index (χ0n) is 11.7. The van der Waals surface area contributed by atoms with Crippen molar-refractivity contribution in [3.8, 4) is 0 Å². The largest absolute Gasteiger partial charge is 0.330 e. The van der Waals surface area contributed by atoms with Gasteiger partial charge in [0.2, 0.25) is 5.91 Å². The van der Waals surface area contributed by atoms with Crippen molar-refractivity contribution in [1.82, 2.24) is 4.90 Å². The SMILES string of the molecule is CC1(C)CCC(=O)CN1C(=O)CCC1CCCC1. The predicted molar refractivity (Wildman–Crippen MR) is 71.2 cm³/mol. The number of carbonyl (C=O) groups is 2. The zero-order valence-corrected chi connectivity index (χ0v) is 11.7. The number of piperidine rings is 1. The molecule has 0 aromatic carbocycles. The van der Waals surface area contributed by atoms with Crippen LogP contribution in [0.5, 0.6) is 0 Å². The smallest absolute Gasteiger partial charge is 0.223 e. The maximum absolute atomic E-state index is 12.3. The summed E-state index contributed by atoms with van der Waals surface area (Å²) in [4.78, 5) is 25.6. The Morgan fingerprint density at radius 1 is 1.33 bits per heavy atom. The molecular formula is C15H25NO2. The minimum atomic E-state index is -0.138. The lowest BCUT2D eigenvalue weighted by atomic mass is 9.89. The number of ketones is 1. The predicted octanol–water partition coefficient (Wildman–Crippen LogP) is 2.93. The molecule has 2 fully saturated rings. The molecular weight excluding hydrogens is 226 g/mol. The van der Waals surface area contributed by atoms with E-state index in [1.165, 1.54) is 25.7 Å². The van der Waals surface area contributed by atoms with E-state index in [1.54, 1.807) is 0 Å². The molecule has 1 aliphatic carbocycles. The zero-order chi connectivity index (χ0) is 13.2. The van der Waals surface area contributed by atoms with E-state index in [1.807, 2.05) is 4.90 Å². The van der Waals surface area contributed by atoms with Crippen LogP contribution in [0, 0.1) is 5.92 Å². The summed E-state index contributed by atoms with van der Waals surface area (Å²) in [6.45, 7) is 4.48. The summed E-state index contributed by atoms with van der Waals surface area (Å²) >= 11 is 0. The first-order valence-corrected chi connectivity index (χ1v) is 7.31. The fourth-order valence-corrected chi connectivity index (χ4v) is 3.24. The molecule has 18 heavy (non-hydrogen) atoms. The van der Waals surface area contributed by atoms with Crippen LogP contribution in [0.4, 0.5) is 0 Å². The number of rotatable bonds is 3. The van der Waals surface area contributed by atoms with Crippen LogP contribution in [0.25, 0.3) is 0 Å². The van der Waals surface area contributed by atoms with Gasteiger partial charge in [0.15, 0.2) is 5.78 Å². The molecule has 1 saturated carbocycles. The van der Waals surface area contributed by atoms with E-state index in [-0.39, 0.29) is 17.2 Å². The van der Waals surface area contributed by atoms with Gasteiger partial charge in [0.1, 0.15) is 0 Å². The molecule has 1 saturated heterocycles. The maximum Gasteiger partial charge on any atom is 0.223 e. The second-order valence-electron chi connectivity index (χ2n) is 6.52. The Labute approximate surface area is 110 Å². The Morgan fingerprint density at radius 2 is 2.00 bits per heavy atom. The van der Waals surface area contributed by atoms with Crippen molar-refractivity contribution >= 4 is 11.7 Å². The fraction of sp³-hybridized carbons (Fsp3) is 0.867. The third-order valence-corrected chi connectivity index (χ3v) is 4.62. The van der Waals surface area contributed by atoms with Gasteiger partial charge in [-0.3, -0.25) is 9.59 Å². The van der Waals surface area contributed by atoms with Crippen LogP contribution in [0.1, 0.15) is 65.2 Å². The summed E-state index contributed by atoms with van der Waals surface area (Å²) in [5.74, 6) is 1.14. The van der Waals surface area contributed by atoms with Crippen LogP contribution in [0.3, 0.4) is 0 Å².